The highest BCUT2D eigenvalue weighted by molar-refractivity contribution is 7.68. The van der Waals surface area contributed by atoms with Crippen molar-refractivity contribution in [1.82, 2.24) is 4.57 Å². The molecule has 0 unspecified atom stereocenters. The highest BCUT2D eigenvalue weighted by Gasteiger charge is 2.57. The van der Waals surface area contributed by atoms with Crippen LogP contribution in [-0.2, 0) is 9.47 Å². The first-order chi connectivity index (χ1) is 11.8. The molecule has 0 amide bonds. The summed E-state index contributed by atoms with van der Waals surface area (Å²) in [4.78, 5) is 0. The largest absolute Gasteiger partial charge is 0.347 e. The molecule has 25 heavy (non-hydrogen) atoms. The van der Waals surface area contributed by atoms with E-state index in [0.29, 0.717) is 0 Å². The SMILES string of the molecule is CC1(C)CC2(CC(C)(C)P1c1cccn1-c1ccccc1)OCCO2. The third-order valence-electron chi connectivity index (χ3n) is 5.42. The van der Waals surface area contributed by atoms with Crippen LogP contribution in [0.15, 0.2) is 48.7 Å². The molecule has 0 radical (unpaired) electrons. The van der Waals surface area contributed by atoms with Crippen molar-refractivity contribution in [2.45, 2.75) is 56.6 Å². The molecule has 1 aromatic carbocycles. The third kappa shape index (κ3) is 2.97. The Bertz CT molecular complexity index is 724. The van der Waals surface area contributed by atoms with Gasteiger partial charge in [0.15, 0.2) is 5.79 Å². The Morgan fingerprint density at radius 3 is 2.04 bits per heavy atom. The van der Waals surface area contributed by atoms with E-state index in [1.165, 1.54) is 11.1 Å². The predicted molar refractivity (Wildman–Crippen MR) is 104 cm³/mol. The number of para-hydroxylation sites is 1. The van der Waals surface area contributed by atoms with Crippen molar-refractivity contribution < 1.29 is 9.47 Å². The van der Waals surface area contributed by atoms with Crippen LogP contribution in [-0.4, -0.2) is 33.9 Å². The molecule has 3 heterocycles. The Kier molecular flexibility index (Phi) is 4.11. The monoisotopic (exact) mass is 357 g/mol. The van der Waals surface area contributed by atoms with E-state index in [2.05, 4.69) is 80.9 Å². The van der Waals surface area contributed by atoms with Crippen molar-refractivity contribution in [2.75, 3.05) is 13.2 Å². The Balaban J connectivity index is 1.77. The van der Waals surface area contributed by atoms with Crippen molar-refractivity contribution in [3.05, 3.63) is 48.7 Å². The summed E-state index contributed by atoms with van der Waals surface area (Å²) in [6.45, 7) is 11.0. The van der Waals surface area contributed by atoms with Gasteiger partial charge < -0.3 is 14.0 Å². The molecule has 2 aliphatic heterocycles. The van der Waals surface area contributed by atoms with Gasteiger partial charge in [0, 0.05) is 30.2 Å². The first-order valence-corrected chi connectivity index (χ1v) is 10.5. The van der Waals surface area contributed by atoms with Crippen LogP contribution >= 0.6 is 7.92 Å². The molecule has 2 fully saturated rings. The minimum atomic E-state index is -0.400. The maximum atomic E-state index is 6.11. The second-order valence-electron chi connectivity index (χ2n) is 8.49. The number of aromatic nitrogens is 1. The molecule has 2 saturated heterocycles. The molecule has 0 N–H and O–H groups in total. The first-order valence-electron chi connectivity index (χ1n) is 9.14. The highest BCUT2D eigenvalue weighted by Crippen LogP contribution is 2.68. The van der Waals surface area contributed by atoms with Gasteiger partial charge in [-0.05, 0) is 42.5 Å². The normalized spacial score (nSPS) is 24.6. The molecule has 4 heteroatoms. The van der Waals surface area contributed by atoms with Gasteiger partial charge in [0.1, 0.15) is 0 Å². The van der Waals surface area contributed by atoms with Gasteiger partial charge in [-0.25, -0.2) is 0 Å². The van der Waals surface area contributed by atoms with Gasteiger partial charge in [-0.15, -0.1) is 0 Å². The van der Waals surface area contributed by atoms with Crippen molar-refractivity contribution >= 4 is 13.4 Å². The van der Waals surface area contributed by atoms with E-state index >= 15 is 0 Å². The van der Waals surface area contributed by atoms with Crippen LogP contribution in [0, 0.1) is 0 Å². The fraction of sp³-hybridized carbons (Fsp3) is 0.524. The molecule has 0 aliphatic carbocycles. The molecule has 0 atom stereocenters. The molecule has 2 aromatic rings. The van der Waals surface area contributed by atoms with E-state index in [1.54, 1.807) is 0 Å². The highest BCUT2D eigenvalue weighted by atomic mass is 31.1. The standard InChI is InChI=1S/C21H28NO2P/c1-19(2)15-21(23-13-14-24-21)16-20(3,4)25(19)18-11-8-12-22(18)17-9-6-5-7-10-17/h5-12H,13-16H2,1-4H3. The number of hydrogen-bond acceptors (Lipinski definition) is 2. The van der Waals surface area contributed by atoms with Gasteiger partial charge in [-0.3, -0.25) is 0 Å². The molecule has 134 valence electrons. The van der Waals surface area contributed by atoms with Crippen LogP contribution in [0.3, 0.4) is 0 Å². The molecular formula is C21H28NO2P. The minimum Gasteiger partial charge on any atom is -0.347 e. The average Bonchev–Trinajstić information content (AvgIpc) is 3.15. The first kappa shape index (κ1) is 17.3. The van der Waals surface area contributed by atoms with E-state index in [-0.39, 0.29) is 16.1 Å². The summed E-state index contributed by atoms with van der Waals surface area (Å²) in [7, 11) is -0.400. The summed E-state index contributed by atoms with van der Waals surface area (Å²) in [5.41, 5.74) is 2.69. The van der Waals surface area contributed by atoms with Crippen LogP contribution in [0.2, 0.25) is 0 Å². The number of rotatable bonds is 2. The van der Waals surface area contributed by atoms with Gasteiger partial charge in [0.2, 0.25) is 0 Å². The Morgan fingerprint density at radius 1 is 0.840 bits per heavy atom. The molecule has 1 spiro atoms. The molecular weight excluding hydrogens is 329 g/mol. The fourth-order valence-corrected chi connectivity index (χ4v) is 9.35. The lowest BCUT2D eigenvalue weighted by Crippen LogP contribution is -2.53. The van der Waals surface area contributed by atoms with E-state index in [0.717, 1.165) is 26.1 Å². The lowest BCUT2D eigenvalue weighted by molar-refractivity contribution is -0.178. The van der Waals surface area contributed by atoms with Crippen molar-refractivity contribution in [1.29, 1.82) is 0 Å². The summed E-state index contributed by atoms with van der Waals surface area (Å²) in [5, 5.41) is 0.290. The summed E-state index contributed by atoms with van der Waals surface area (Å²) in [6, 6.07) is 15.2. The van der Waals surface area contributed by atoms with E-state index in [4.69, 9.17) is 9.47 Å². The number of nitrogens with zero attached hydrogens (tertiary/aromatic N) is 1. The Morgan fingerprint density at radius 2 is 1.44 bits per heavy atom. The fourth-order valence-electron chi connectivity index (χ4n) is 5.04. The second kappa shape index (κ2) is 5.94. The van der Waals surface area contributed by atoms with Gasteiger partial charge in [-0.2, -0.15) is 0 Å². The van der Waals surface area contributed by atoms with Gasteiger partial charge in [-0.1, -0.05) is 45.9 Å². The van der Waals surface area contributed by atoms with Crippen LogP contribution in [0.5, 0.6) is 0 Å². The minimum absolute atomic E-state index is 0.145. The lowest BCUT2D eigenvalue weighted by Gasteiger charge is -2.55. The Labute approximate surface area is 152 Å². The number of benzene rings is 1. The van der Waals surface area contributed by atoms with Crippen molar-refractivity contribution in [3.8, 4) is 5.69 Å². The second-order valence-corrected chi connectivity index (χ2v) is 12.0. The topological polar surface area (TPSA) is 23.4 Å². The summed E-state index contributed by atoms with van der Waals surface area (Å²) >= 11 is 0. The van der Waals surface area contributed by atoms with Crippen molar-refractivity contribution in [2.24, 2.45) is 0 Å². The van der Waals surface area contributed by atoms with E-state index in [1.807, 2.05) is 0 Å². The Hall–Kier alpha value is -1.15. The molecule has 1 aromatic heterocycles. The number of hydrogen-bond donors (Lipinski definition) is 0. The van der Waals surface area contributed by atoms with Crippen LogP contribution < -0.4 is 5.44 Å². The van der Waals surface area contributed by atoms with Crippen LogP contribution in [0.25, 0.3) is 5.69 Å². The maximum Gasteiger partial charge on any atom is 0.170 e. The van der Waals surface area contributed by atoms with Crippen molar-refractivity contribution in [3.63, 3.8) is 0 Å². The van der Waals surface area contributed by atoms with Gasteiger partial charge in [0.05, 0.1) is 13.2 Å². The molecule has 2 aliphatic rings. The molecule has 0 bridgehead atoms. The maximum absolute atomic E-state index is 6.11. The van der Waals surface area contributed by atoms with Crippen LogP contribution in [0.4, 0.5) is 0 Å². The zero-order valence-corrected chi connectivity index (χ0v) is 16.6. The zero-order valence-electron chi connectivity index (χ0n) is 15.7. The molecule has 3 nitrogen and oxygen atoms in total. The molecule has 4 rings (SSSR count). The summed E-state index contributed by atoms with van der Waals surface area (Å²) in [5.74, 6) is -0.379. The average molecular weight is 357 g/mol. The van der Waals surface area contributed by atoms with E-state index in [9.17, 15) is 0 Å². The van der Waals surface area contributed by atoms with Gasteiger partial charge >= 0.3 is 0 Å². The third-order valence-corrected chi connectivity index (χ3v) is 8.98. The smallest absolute Gasteiger partial charge is 0.170 e. The van der Waals surface area contributed by atoms with E-state index < -0.39 is 7.92 Å². The zero-order chi connectivity index (χ0) is 17.7. The quantitative estimate of drug-likeness (QED) is 0.729. The summed E-state index contributed by atoms with van der Waals surface area (Å²) in [6.07, 6.45) is 4.14. The predicted octanol–water partition coefficient (Wildman–Crippen LogP) is 4.68. The van der Waals surface area contributed by atoms with Crippen LogP contribution in [0.1, 0.15) is 40.5 Å². The summed E-state index contributed by atoms with van der Waals surface area (Å²) < 4.78 is 14.6. The number of ether oxygens (including phenoxy) is 2. The van der Waals surface area contributed by atoms with Gasteiger partial charge in [0.25, 0.3) is 0 Å². The molecule has 0 saturated carbocycles. The lowest BCUT2D eigenvalue weighted by atomic mass is 9.91.